The van der Waals surface area contributed by atoms with Crippen molar-refractivity contribution in [2.45, 2.75) is 26.7 Å². The van der Waals surface area contributed by atoms with Crippen LogP contribution in [0.5, 0.6) is 0 Å². The number of amides is 1. The highest BCUT2D eigenvalue weighted by atomic mass is 16.4. The van der Waals surface area contributed by atoms with Gasteiger partial charge in [0.05, 0.1) is 5.41 Å². The topological polar surface area (TPSA) is 79.5 Å². The fraction of sp³-hybridized carbons (Fsp3) is 0.500. The maximum atomic E-state index is 11.8. The van der Waals surface area contributed by atoms with Crippen molar-refractivity contribution in [3.8, 4) is 0 Å². The smallest absolute Gasteiger partial charge is 0.311 e. The molecule has 2 N–H and O–H groups in total. The maximum absolute atomic E-state index is 11.8. The summed E-state index contributed by atoms with van der Waals surface area (Å²) in [5.41, 5.74) is 0.0192. The third-order valence-corrected chi connectivity index (χ3v) is 3.14. The molecule has 1 saturated carbocycles. The summed E-state index contributed by atoms with van der Waals surface area (Å²) in [4.78, 5) is 22.7. The summed E-state index contributed by atoms with van der Waals surface area (Å²) in [5, 5.41) is 11.6. The lowest BCUT2D eigenvalue weighted by atomic mass is 10.1. The second-order valence-corrected chi connectivity index (χ2v) is 4.64. The van der Waals surface area contributed by atoms with E-state index < -0.39 is 11.4 Å². The van der Waals surface area contributed by atoms with Crippen LogP contribution in [0.25, 0.3) is 0 Å². The molecule has 0 aromatic carbocycles. The van der Waals surface area contributed by atoms with Crippen molar-refractivity contribution in [3.63, 3.8) is 0 Å². The van der Waals surface area contributed by atoms with Gasteiger partial charge in [0.1, 0.15) is 5.76 Å². The van der Waals surface area contributed by atoms with Gasteiger partial charge in [0, 0.05) is 12.1 Å². The Morgan fingerprint density at radius 1 is 1.47 bits per heavy atom. The Bertz CT molecular complexity index is 471. The molecule has 1 aliphatic rings. The molecule has 1 aliphatic carbocycles. The Morgan fingerprint density at radius 3 is 2.53 bits per heavy atom. The number of hydrogen-bond acceptors (Lipinski definition) is 3. The van der Waals surface area contributed by atoms with Crippen LogP contribution in [0.1, 0.15) is 34.7 Å². The van der Waals surface area contributed by atoms with Gasteiger partial charge in [0.15, 0.2) is 5.76 Å². The van der Waals surface area contributed by atoms with Gasteiger partial charge >= 0.3 is 5.97 Å². The van der Waals surface area contributed by atoms with Gasteiger partial charge in [-0.05, 0) is 32.8 Å². The molecule has 92 valence electrons. The summed E-state index contributed by atoms with van der Waals surface area (Å²) in [7, 11) is 0. The van der Waals surface area contributed by atoms with E-state index in [0.717, 1.165) is 5.56 Å². The number of furan rings is 1. The number of nitrogens with one attached hydrogen (secondary N) is 1. The Balaban J connectivity index is 1.99. The van der Waals surface area contributed by atoms with Crippen molar-refractivity contribution in [2.75, 3.05) is 6.54 Å². The lowest BCUT2D eigenvalue weighted by Crippen LogP contribution is -2.34. The summed E-state index contributed by atoms with van der Waals surface area (Å²) in [5.74, 6) is -0.246. The molecule has 1 aromatic heterocycles. The molecular formula is C12H15NO4. The standard InChI is InChI=1S/C12H15NO4/c1-7-5-8(2)17-9(7)10(14)13-6-12(3-4-12)11(15)16/h5H,3-4,6H2,1-2H3,(H,13,14)(H,15,16). The van der Waals surface area contributed by atoms with Crippen molar-refractivity contribution >= 4 is 11.9 Å². The van der Waals surface area contributed by atoms with E-state index in [0.29, 0.717) is 18.6 Å². The van der Waals surface area contributed by atoms with Gasteiger partial charge in [-0.25, -0.2) is 0 Å². The van der Waals surface area contributed by atoms with Gasteiger partial charge in [0.2, 0.25) is 0 Å². The largest absolute Gasteiger partial charge is 0.481 e. The van der Waals surface area contributed by atoms with E-state index >= 15 is 0 Å². The van der Waals surface area contributed by atoms with Crippen LogP contribution < -0.4 is 5.32 Å². The van der Waals surface area contributed by atoms with Gasteiger partial charge in [-0.1, -0.05) is 0 Å². The Kier molecular flexibility index (Phi) is 2.69. The number of aryl methyl sites for hydroxylation is 2. The molecule has 0 radical (unpaired) electrons. The van der Waals surface area contributed by atoms with E-state index in [1.54, 1.807) is 19.9 Å². The summed E-state index contributed by atoms with van der Waals surface area (Å²) in [6.07, 6.45) is 1.25. The van der Waals surface area contributed by atoms with E-state index in [1.165, 1.54) is 0 Å². The number of rotatable bonds is 4. The minimum Gasteiger partial charge on any atom is -0.481 e. The molecule has 2 rings (SSSR count). The van der Waals surface area contributed by atoms with Crippen molar-refractivity contribution in [2.24, 2.45) is 5.41 Å². The summed E-state index contributed by atoms with van der Waals surface area (Å²) in [6.45, 7) is 3.72. The molecule has 1 amide bonds. The molecular weight excluding hydrogens is 222 g/mol. The monoisotopic (exact) mass is 237 g/mol. The first-order valence-electron chi connectivity index (χ1n) is 5.53. The average Bonchev–Trinajstić information content (AvgIpc) is 2.97. The summed E-state index contributed by atoms with van der Waals surface area (Å²) >= 11 is 0. The van der Waals surface area contributed by atoms with E-state index in [9.17, 15) is 9.59 Å². The first kappa shape index (κ1) is 11.7. The van der Waals surface area contributed by atoms with Crippen LogP contribution in [0.2, 0.25) is 0 Å². The second kappa shape index (κ2) is 3.91. The lowest BCUT2D eigenvalue weighted by Gasteiger charge is -2.10. The minimum absolute atomic E-state index is 0.167. The van der Waals surface area contributed by atoms with Crippen LogP contribution >= 0.6 is 0 Å². The number of carboxylic acids is 1. The molecule has 1 aromatic rings. The fourth-order valence-electron chi connectivity index (χ4n) is 1.81. The van der Waals surface area contributed by atoms with Gasteiger partial charge in [-0.3, -0.25) is 9.59 Å². The molecule has 0 unspecified atom stereocenters. The van der Waals surface area contributed by atoms with E-state index in [-0.39, 0.29) is 18.2 Å². The van der Waals surface area contributed by atoms with Crippen LogP contribution in [0.4, 0.5) is 0 Å². The highest BCUT2D eigenvalue weighted by molar-refractivity contribution is 5.93. The van der Waals surface area contributed by atoms with Crippen molar-refractivity contribution in [1.29, 1.82) is 0 Å². The fourth-order valence-corrected chi connectivity index (χ4v) is 1.81. The predicted molar refractivity (Wildman–Crippen MR) is 59.8 cm³/mol. The molecule has 0 aliphatic heterocycles. The Morgan fingerprint density at radius 2 is 2.12 bits per heavy atom. The number of aliphatic carboxylic acids is 1. The maximum Gasteiger partial charge on any atom is 0.311 e. The molecule has 0 atom stereocenters. The zero-order chi connectivity index (χ0) is 12.6. The Hall–Kier alpha value is -1.78. The van der Waals surface area contributed by atoms with E-state index in [2.05, 4.69) is 5.32 Å². The molecule has 5 nitrogen and oxygen atoms in total. The normalized spacial score (nSPS) is 16.6. The molecule has 1 fully saturated rings. The highest BCUT2D eigenvalue weighted by Crippen LogP contribution is 2.45. The van der Waals surface area contributed by atoms with Crippen molar-refractivity contribution in [1.82, 2.24) is 5.32 Å². The average molecular weight is 237 g/mol. The highest BCUT2D eigenvalue weighted by Gasteiger charge is 2.50. The van der Waals surface area contributed by atoms with Crippen LogP contribution in [-0.2, 0) is 4.79 Å². The third kappa shape index (κ3) is 2.18. The number of hydrogen-bond donors (Lipinski definition) is 2. The lowest BCUT2D eigenvalue weighted by molar-refractivity contribution is -0.143. The molecule has 0 spiro atoms. The molecule has 0 saturated heterocycles. The molecule has 0 bridgehead atoms. The number of carbonyl (C=O) groups excluding carboxylic acids is 1. The zero-order valence-electron chi connectivity index (χ0n) is 9.87. The van der Waals surface area contributed by atoms with Crippen LogP contribution in [0, 0.1) is 19.3 Å². The zero-order valence-corrected chi connectivity index (χ0v) is 9.87. The quantitative estimate of drug-likeness (QED) is 0.831. The third-order valence-electron chi connectivity index (χ3n) is 3.14. The van der Waals surface area contributed by atoms with E-state index in [4.69, 9.17) is 9.52 Å². The van der Waals surface area contributed by atoms with Gasteiger partial charge in [0.25, 0.3) is 5.91 Å². The van der Waals surface area contributed by atoms with Crippen LogP contribution in [-0.4, -0.2) is 23.5 Å². The Labute approximate surface area is 98.8 Å². The molecule has 17 heavy (non-hydrogen) atoms. The van der Waals surface area contributed by atoms with Gasteiger partial charge < -0.3 is 14.8 Å². The first-order chi connectivity index (χ1) is 7.94. The van der Waals surface area contributed by atoms with Crippen molar-refractivity contribution < 1.29 is 19.1 Å². The number of carboxylic acid groups (broad SMARTS) is 1. The van der Waals surface area contributed by atoms with E-state index in [1.807, 2.05) is 0 Å². The second-order valence-electron chi connectivity index (χ2n) is 4.64. The number of carbonyl (C=O) groups is 2. The minimum atomic E-state index is -0.842. The van der Waals surface area contributed by atoms with Crippen LogP contribution in [0.3, 0.4) is 0 Å². The van der Waals surface area contributed by atoms with Crippen LogP contribution in [0.15, 0.2) is 10.5 Å². The molecule has 5 heteroatoms. The van der Waals surface area contributed by atoms with Gasteiger partial charge in [-0.15, -0.1) is 0 Å². The molecule has 1 heterocycles. The first-order valence-corrected chi connectivity index (χ1v) is 5.53. The SMILES string of the molecule is Cc1cc(C)c(C(=O)NCC2(C(=O)O)CC2)o1. The summed E-state index contributed by atoms with van der Waals surface area (Å²) < 4.78 is 5.26. The van der Waals surface area contributed by atoms with Crippen molar-refractivity contribution in [3.05, 3.63) is 23.2 Å². The summed E-state index contributed by atoms with van der Waals surface area (Å²) in [6, 6.07) is 1.78. The predicted octanol–water partition coefficient (Wildman–Crippen LogP) is 1.49. The van der Waals surface area contributed by atoms with Gasteiger partial charge in [-0.2, -0.15) is 0 Å².